The van der Waals surface area contributed by atoms with Gasteiger partial charge in [-0.15, -0.1) is 0 Å². The van der Waals surface area contributed by atoms with Crippen molar-refractivity contribution < 1.29 is 13.2 Å². The highest BCUT2D eigenvalue weighted by Gasteiger charge is 2.43. The molecule has 0 heterocycles. The molecular formula is C12H12F3N. The summed E-state index contributed by atoms with van der Waals surface area (Å²) in [6.07, 6.45) is -2.40. The molecule has 16 heavy (non-hydrogen) atoms. The maximum atomic E-state index is 12.6. The first-order valence-electron chi connectivity index (χ1n) is 5.43. The van der Waals surface area contributed by atoms with Crippen LogP contribution in [0.15, 0.2) is 18.2 Å². The van der Waals surface area contributed by atoms with Crippen LogP contribution in [0.4, 0.5) is 13.2 Å². The zero-order valence-corrected chi connectivity index (χ0v) is 8.59. The van der Waals surface area contributed by atoms with Crippen molar-refractivity contribution in [2.24, 2.45) is 5.73 Å². The van der Waals surface area contributed by atoms with E-state index in [0.29, 0.717) is 5.92 Å². The van der Waals surface area contributed by atoms with E-state index in [9.17, 15) is 13.2 Å². The fourth-order valence-corrected chi connectivity index (χ4v) is 3.13. The second-order valence-electron chi connectivity index (χ2n) is 4.78. The minimum Gasteiger partial charge on any atom is -0.327 e. The lowest BCUT2D eigenvalue weighted by molar-refractivity contribution is -0.137. The first-order valence-corrected chi connectivity index (χ1v) is 5.43. The minimum atomic E-state index is -4.25. The normalized spacial score (nSPS) is 31.9. The molecule has 2 bridgehead atoms. The van der Waals surface area contributed by atoms with Crippen molar-refractivity contribution in [3.63, 3.8) is 0 Å². The van der Waals surface area contributed by atoms with E-state index in [1.807, 2.05) is 0 Å². The van der Waals surface area contributed by atoms with Crippen molar-refractivity contribution in [1.29, 1.82) is 0 Å². The molecule has 1 saturated carbocycles. The summed E-state index contributed by atoms with van der Waals surface area (Å²) in [5.74, 6) is 0.527. The lowest BCUT2D eigenvalue weighted by atomic mass is 9.87. The van der Waals surface area contributed by atoms with Crippen LogP contribution >= 0.6 is 0 Å². The summed E-state index contributed by atoms with van der Waals surface area (Å²) >= 11 is 0. The summed E-state index contributed by atoms with van der Waals surface area (Å²) in [5.41, 5.74) is 7.28. The van der Waals surface area contributed by atoms with Gasteiger partial charge >= 0.3 is 6.18 Å². The monoisotopic (exact) mass is 227 g/mol. The van der Waals surface area contributed by atoms with Gasteiger partial charge in [0.15, 0.2) is 0 Å². The van der Waals surface area contributed by atoms with E-state index in [-0.39, 0.29) is 12.0 Å². The van der Waals surface area contributed by atoms with E-state index in [1.165, 1.54) is 12.1 Å². The lowest BCUT2D eigenvalue weighted by Crippen LogP contribution is -2.25. The summed E-state index contributed by atoms with van der Waals surface area (Å²) in [5, 5.41) is 0. The van der Waals surface area contributed by atoms with Crippen LogP contribution in [-0.2, 0) is 6.18 Å². The predicted molar refractivity (Wildman–Crippen MR) is 54.1 cm³/mol. The molecule has 3 rings (SSSR count). The molecule has 2 aliphatic carbocycles. The Balaban J connectivity index is 2.08. The molecule has 0 amide bonds. The van der Waals surface area contributed by atoms with Gasteiger partial charge in [0.2, 0.25) is 0 Å². The predicted octanol–water partition coefficient (Wildman–Crippen LogP) is 3.01. The van der Waals surface area contributed by atoms with Gasteiger partial charge in [0.05, 0.1) is 5.56 Å². The highest BCUT2D eigenvalue weighted by Crippen LogP contribution is 2.53. The fourth-order valence-electron chi connectivity index (χ4n) is 3.13. The molecule has 4 heteroatoms. The minimum absolute atomic E-state index is 0.0426. The molecule has 3 atom stereocenters. The summed E-state index contributed by atoms with van der Waals surface area (Å²) < 4.78 is 37.7. The van der Waals surface area contributed by atoms with Crippen LogP contribution in [0.3, 0.4) is 0 Å². The SMILES string of the molecule is N[C@H]1CC2C[C@@H]1c1cc(C(F)(F)F)ccc12. The quantitative estimate of drug-likeness (QED) is 0.724. The highest BCUT2D eigenvalue weighted by atomic mass is 19.4. The van der Waals surface area contributed by atoms with Crippen LogP contribution < -0.4 is 5.73 Å². The molecule has 0 radical (unpaired) electrons. The van der Waals surface area contributed by atoms with Crippen LogP contribution in [0.5, 0.6) is 0 Å². The number of halogens is 3. The van der Waals surface area contributed by atoms with Gasteiger partial charge in [0.25, 0.3) is 0 Å². The van der Waals surface area contributed by atoms with Crippen molar-refractivity contribution in [2.75, 3.05) is 0 Å². The number of fused-ring (bicyclic) bond motifs is 5. The Morgan fingerprint density at radius 3 is 2.56 bits per heavy atom. The third-order valence-electron chi connectivity index (χ3n) is 3.87. The van der Waals surface area contributed by atoms with E-state index >= 15 is 0 Å². The first kappa shape index (κ1) is 10.1. The molecule has 1 unspecified atom stereocenters. The van der Waals surface area contributed by atoms with E-state index < -0.39 is 11.7 Å². The first-order chi connectivity index (χ1) is 7.47. The molecule has 1 nitrogen and oxygen atoms in total. The van der Waals surface area contributed by atoms with E-state index in [1.54, 1.807) is 6.07 Å². The number of alkyl halides is 3. The van der Waals surface area contributed by atoms with Crippen molar-refractivity contribution in [1.82, 2.24) is 0 Å². The Kier molecular flexibility index (Phi) is 1.90. The van der Waals surface area contributed by atoms with Gasteiger partial charge in [-0.3, -0.25) is 0 Å². The average molecular weight is 227 g/mol. The number of hydrogen-bond donors (Lipinski definition) is 1. The summed E-state index contributed by atoms with van der Waals surface area (Å²) in [4.78, 5) is 0. The topological polar surface area (TPSA) is 26.0 Å². The summed E-state index contributed by atoms with van der Waals surface area (Å²) in [7, 11) is 0. The van der Waals surface area contributed by atoms with Gasteiger partial charge in [-0.1, -0.05) is 6.07 Å². The van der Waals surface area contributed by atoms with Crippen molar-refractivity contribution in [3.05, 3.63) is 34.9 Å². The van der Waals surface area contributed by atoms with Gasteiger partial charge in [0, 0.05) is 6.04 Å². The van der Waals surface area contributed by atoms with Crippen molar-refractivity contribution >= 4 is 0 Å². The van der Waals surface area contributed by atoms with Gasteiger partial charge in [0.1, 0.15) is 0 Å². The maximum absolute atomic E-state index is 12.6. The Hall–Kier alpha value is -1.03. The van der Waals surface area contributed by atoms with Crippen LogP contribution in [0.2, 0.25) is 0 Å². The summed E-state index contributed by atoms with van der Waals surface area (Å²) in [6.45, 7) is 0. The lowest BCUT2D eigenvalue weighted by Gasteiger charge is -2.22. The van der Waals surface area contributed by atoms with Crippen molar-refractivity contribution in [3.8, 4) is 0 Å². The molecule has 2 N–H and O–H groups in total. The molecule has 86 valence electrons. The zero-order chi connectivity index (χ0) is 11.5. The molecule has 0 spiro atoms. The molecule has 1 aromatic rings. The molecule has 2 aliphatic rings. The molecule has 0 aliphatic heterocycles. The third-order valence-corrected chi connectivity index (χ3v) is 3.87. The van der Waals surface area contributed by atoms with E-state index in [2.05, 4.69) is 0 Å². The maximum Gasteiger partial charge on any atom is 0.416 e. The highest BCUT2D eigenvalue weighted by molar-refractivity contribution is 5.45. The number of rotatable bonds is 0. The number of benzene rings is 1. The number of nitrogens with two attached hydrogens (primary N) is 1. The van der Waals surface area contributed by atoms with Gasteiger partial charge < -0.3 is 5.73 Å². The smallest absolute Gasteiger partial charge is 0.327 e. The largest absolute Gasteiger partial charge is 0.416 e. The zero-order valence-electron chi connectivity index (χ0n) is 8.59. The second-order valence-corrected chi connectivity index (χ2v) is 4.78. The van der Waals surface area contributed by atoms with E-state index in [0.717, 1.165) is 24.0 Å². The standard InChI is InChI=1S/C12H12F3N/c13-12(14,15)7-1-2-8-6-3-10(9(8)5-7)11(16)4-6/h1-2,5-6,10-11H,3-4,16H2/t6?,10-,11+/m1/s1. The van der Waals surface area contributed by atoms with E-state index in [4.69, 9.17) is 5.73 Å². The van der Waals surface area contributed by atoms with Crippen molar-refractivity contribution in [2.45, 2.75) is 36.9 Å². The molecule has 0 saturated heterocycles. The van der Waals surface area contributed by atoms with Crippen LogP contribution in [0.1, 0.15) is 41.4 Å². The third kappa shape index (κ3) is 1.29. The average Bonchev–Trinajstić information content (AvgIpc) is 2.73. The summed E-state index contributed by atoms with van der Waals surface area (Å²) in [6, 6.07) is 4.15. The molecule has 0 aromatic heterocycles. The Bertz CT molecular complexity index is 438. The van der Waals surface area contributed by atoms with Gasteiger partial charge in [-0.25, -0.2) is 0 Å². The van der Waals surface area contributed by atoms with Gasteiger partial charge in [-0.05, 0) is 47.9 Å². The second kappa shape index (κ2) is 3.00. The fraction of sp³-hybridized carbons (Fsp3) is 0.500. The Morgan fingerprint density at radius 1 is 1.12 bits per heavy atom. The molecule has 1 aromatic carbocycles. The van der Waals surface area contributed by atoms with Crippen LogP contribution in [0, 0.1) is 0 Å². The Labute approximate surface area is 91.4 Å². The van der Waals surface area contributed by atoms with Crippen LogP contribution in [0.25, 0.3) is 0 Å². The molecular weight excluding hydrogens is 215 g/mol. The molecule has 1 fully saturated rings. The Morgan fingerprint density at radius 2 is 1.88 bits per heavy atom. The van der Waals surface area contributed by atoms with Crippen LogP contribution in [-0.4, -0.2) is 6.04 Å². The number of hydrogen-bond acceptors (Lipinski definition) is 1. The van der Waals surface area contributed by atoms with Gasteiger partial charge in [-0.2, -0.15) is 13.2 Å².